The van der Waals surface area contributed by atoms with Crippen molar-refractivity contribution in [3.8, 4) is 0 Å². The van der Waals surface area contributed by atoms with Crippen LogP contribution in [0, 0.1) is 0 Å². The summed E-state index contributed by atoms with van der Waals surface area (Å²) in [5.41, 5.74) is 0.982. The molecule has 0 fully saturated rings. The minimum atomic E-state index is -0.170. The Hall–Kier alpha value is -1.55. The second kappa shape index (κ2) is 5.68. The molecule has 0 atom stereocenters. The highest BCUT2D eigenvalue weighted by molar-refractivity contribution is 7.99. The smallest absolute Gasteiger partial charge is 0.306 e. The maximum Gasteiger partial charge on any atom is 0.306 e. The van der Waals surface area contributed by atoms with Crippen molar-refractivity contribution in [2.75, 3.05) is 12.9 Å². The maximum absolute atomic E-state index is 11.0. The summed E-state index contributed by atoms with van der Waals surface area (Å²) in [7, 11) is 1.41. The van der Waals surface area contributed by atoms with E-state index in [4.69, 9.17) is 0 Å². The number of para-hydroxylation sites is 1. The van der Waals surface area contributed by atoms with Crippen LogP contribution in [-0.4, -0.2) is 23.8 Å². The summed E-state index contributed by atoms with van der Waals surface area (Å²) in [6, 6.07) is 9.97. The van der Waals surface area contributed by atoms with Crippen LogP contribution in [0.3, 0.4) is 0 Å². The third-order valence-electron chi connectivity index (χ3n) is 2.40. The predicted octanol–water partition coefficient (Wildman–Crippen LogP) is 2.89. The fraction of sp³-hybridized carbons (Fsp3) is 0.231. The highest BCUT2D eigenvalue weighted by atomic mass is 32.2. The van der Waals surface area contributed by atoms with Crippen LogP contribution in [0.5, 0.6) is 0 Å². The Kier molecular flexibility index (Phi) is 3.98. The molecule has 0 aliphatic heterocycles. The maximum atomic E-state index is 11.0. The minimum absolute atomic E-state index is 0.170. The minimum Gasteiger partial charge on any atom is -0.469 e. The molecule has 1 heterocycles. The van der Waals surface area contributed by atoms with Gasteiger partial charge in [-0.2, -0.15) is 0 Å². The van der Waals surface area contributed by atoms with Crippen molar-refractivity contribution in [1.29, 1.82) is 0 Å². The molecule has 0 amide bonds. The van der Waals surface area contributed by atoms with E-state index in [0.717, 1.165) is 21.6 Å². The molecule has 1 aromatic carbocycles. The molecule has 4 heteroatoms. The lowest BCUT2D eigenvalue weighted by molar-refractivity contribution is -0.140. The van der Waals surface area contributed by atoms with Gasteiger partial charge in [-0.05, 0) is 12.1 Å². The van der Waals surface area contributed by atoms with Crippen molar-refractivity contribution in [2.24, 2.45) is 0 Å². The SMILES string of the molecule is COC(=O)CCSc1ccnc2ccccc12. The Morgan fingerprint density at radius 1 is 1.35 bits per heavy atom. The first kappa shape index (κ1) is 11.9. The Labute approximate surface area is 104 Å². The van der Waals surface area contributed by atoms with Crippen molar-refractivity contribution >= 4 is 28.6 Å². The molecule has 0 aliphatic carbocycles. The lowest BCUT2D eigenvalue weighted by Gasteiger charge is -2.04. The quantitative estimate of drug-likeness (QED) is 0.615. The second-order valence-electron chi connectivity index (χ2n) is 3.50. The Bertz CT molecular complexity index is 522. The van der Waals surface area contributed by atoms with Gasteiger partial charge in [0.1, 0.15) is 0 Å². The topological polar surface area (TPSA) is 39.2 Å². The summed E-state index contributed by atoms with van der Waals surface area (Å²) in [6.45, 7) is 0. The molecule has 0 saturated carbocycles. The molecule has 0 aliphatic rings. The van der Waals surface area contributed by atoms with E-state index in [0.29, 0.717) is 6.42 Å². The van der Waals surface area contributed by atoms with Crippen LogP contribution >= 0.6 is 11.8 Å². The third-order valence-corrected chi connectivity index (χ3v) is 3.48. The number of hydrogen-bond acceptors (Lipinski definition) is 4. The highest BCUT2D eigenvalue weighted by Gasteiger charge is 2.04. The molecule has 0 spiro atoms. The van der Waals surface area contributed by atoms with E-state index in [2.05, 4.69) is 9.72 Å². The van der Waals surface area contributed by atoms with E-state index >= 15 is 0 Å². The molecule has 17 heavy (non-hydrogen) atoms. The normalized spacial score (nSPS) is 10.4. The number of carbonyl (C=O) groups is 1. The molecular formula is C13H13NO2S. The van der Waals surface area contributed by atoms with Crippen LogP contribution in [0.25, 0.3) is 10.9 Å². The Morgan fingerprint density at radius 2 is 2.18 bits per heavy atom. The lowest BCUT2D eigenvalue weighted by atomic mass is 10.2. The number of nitrogens with zero attached hydrogens (tertiary/aromatic N) is 1. The van der Waals surface area contributed by atoms with Crippen molar-refractivity contribution in [1.82, 2.24) is 4.98 Å². The highest BCUT2D eigenvalue weighted by Crippen LogP contribution is 2.26. The van der Waals surface area contributed by atoms with Crippen LogP contribution in [0.15, 0.2) is 41.4 Å². The lowest BCUT2D eigenvalue weighted by Crippen LogP contribution is -2.00. The summed E-state index contributed by atoms with van der Waals surface area (Å²) in [5, 5.41) is 1.13. The molecular weight excluding hydrogens is 234 g/mol. The number of methoxy groups -OCH3 is 1. The molecule has 3 nitrogen and oxygen atoms in total. The monoisotopic (exact) mass is 247 g/mol. The summed E-state index contributed by atoms with van der Waals surface area (Å²) in [5.74, 6) is 0.552. The van der Waals surface area contributed by atoms with Gasteiger partial charge in [0.25, 0.3) is 0 Å². The number of ether oxygens (including phenoxy) is 1. The predicted molar refractivity (Wildman–Crippen MR) is 69.1 cm³/mol. The molecule has 0 radical (unpaired) electrons. The number of fused-ring (bicyclic) bond motifs is 1. The number of hydrogen-bond donors (Lipinski definition) is 0. The number of thioether (sulfide) groups is 1. The average molecular weight is 247 g/mol. The summed E-state index contributed by atoms with van der Waals surface area (Å²) < 4.78 is 4.61. The van der Waals surface area contributed by atoms with E-state index in [1.165, 1.54) is 7.11 Å². The molecule has 88 valence electrons. The Balaban J connectivity index is 2.11. The Morgan fingerprint density at radius 3 is 3.00 bits per heavy atom. The van der Waals surface area contributed by atoms with Crippen molar-refractivity contribution < 1.29 is 9.53 Å². The van der Waals surface area contributed by atoms with E-state index < -0.39 is 0 Å². The van der Waals surface area contributed by atoms with Gasteiger partial charge in [0.15, 0.2) is 0 Å². The number of esters is 1. The molecule has 0 unspecified atom stereocenters. The fourth-order valence-electron chi connectivity index (χ4n) is 1.54. The van der Waals surface area contributed by atoms with Crippen LogP contribution in [-0.2, 0) is 9.53 Å². The van der Waals surface area contributed by atoms with Gasteiger partial charge >= 0.3 is 5.97 Å². The van der Waals surface area contributed by atoms with E-state index in [1.807, 2.05) is 30.3 Å². The van der Waals surface area contributed by atoms with E-state index in [1.54, 1.807) is 18.0 Å². The number of aromatic nitrogens is 1. The third kappa shape index (κ3) is 2.97. The zero-order chi connectivity index (χ0) is 12.1. The van der Waals surface area contributed by atoms with Gasteiger partial charge in [-0.25, -0.2) is 0 Å². The number of benzene rings is 1. The molecule has 1 aromatic heterocycles. The van der Waals surface area contributed by atoms with Crippen LogP contribution in [0.1, 0.15) is 6.42 Å². The van der Waals surface area contributed by atoms with Gasteiger partial charge in [-0.3, -0.25) is 9.78 Å². The first-order valence-corrected chi connectivity index (χ1v) is 6.33. The van der Waals surface area contributed by atoms with Gasteiger partial charge in [-0.15, -0.1) is 11.8 Å². The second-order valence-corrected chi connectivity index (χ2v) is 4.64. The number of pyridine rings is 1. The van der Waals surface area contributed by atoms with Crippen molar-refractivity contribution in [3.63, 3.8) is 0 Å². The summed E-state index contributed by atoms with van der Waals surface area (Å²) in [4.78, 5) is 16.5. The van der Waals surface area contributed by atoms with Crippen molar-refractivity contribution in [3.05, 3.63) is 36.5 Å². The zero-order valence-corrected chi connectivity index (χ0v) is 10.4. The van der Waals surface area contributed by atoms with Crippen LogP contribution < -0.4 is 0 Å². The molecule has 0 saturated heterocycles. The van der Waals surface area contributed by atoms with Gasteiger partial charge in [0.2, 0.25) is 0 Å². The van der Waals surface area contributed by atoms with Gasteiger partial charge in [0, 0.05) is 22.2 Å². The van der Waals surface area contributed by atoms with E-state index in [9.17, 15) is 4.79 Å². The first-order chi connectivity index (χ1) is 8.31. The standard InChI is InChI=1S/C13H13NO2S/c1-16-13(15)7-9-17-12-6-8-14-11-5-3-2-4-10(11)12/h2-6,8H,7,9H2,1H3. The van der Waals surface area contributed by atoms with Crippen molar-refractivity contribution in [2.45, 2.75) is 11.3 Å². The fourth-order valence-corrected chi connectivity index (χ4v) is 2.52. The first-order valence-electron chi connectivity index (χ1n) is 5.34. The molecule has 2 rings (SSSR count). The van der Waals surface area contributed by atoms with E-state index in [-0.39, 0.29) is 5.97 Å². The number of rotatable bonds is 4. The molecule has 0 bridgehead atoms. The van der Waals surface area contributed by atoms with Gasteiger partial charge in [-0.1, -0.05) is 18.2 Å². The summed E-state index contributed by atoms with van der Waals surface area (Å²) >= 11 is 1.65. The summed E-state index contributed by atoms with van der Waals surface area (Å²) in [6.07, 6.45) is 2.22. The largest absolute Gasteiger partial charge is 0.469 e. The molecule has 0 N–H and O–H groups in total. The van der Waals surface area contributed by atoms with Gasteiger partial charge in [0.05, 0.1) is 19.0 Å². The van der Waals surface area contributed by atoms with Gasteiger partial charge < -0.3 is 4.74 Å². The molecule has 2 aromatic rings. The number of carbonyl (C=O) groups excluding carboxylic acids is 1. The van der Waals surface area contributed by atoms with Crippen LogP contribution in [0.4, 0.5) is 0 Å². The van der Waals surface area contributed by atoms with Crippen LogP contribution in [0.2, 0.25) is 0 Å². The zero-order valence-electron chi connectivity index (χ0n) is 9.55. The average Bonchev–Trinajstić information content (AvgIpc) is 2.39.